The molecule has 0 aromatic heterocycles. The van der Waals surface area contributed by atoms with Crippen molar-refractivity contribution in [3.05, 3.63) is 0 Å². The quantitative estimate of drug-likeness (QED) is 0.685. The molecule has 72 valence electrons. The predicted molar refractivity (Wildman–Crippen MR) is 54.3 cm³/mol. The summed E-state index contributed by atoms with van der Waals surface area (Å²) in [6.07, 6.45) is 5.68. The Balaban J connectivity index is 2.20. The summed E-state index contributed by atoms with van der Waals surface area (Å²) in [6, 6.07) is 0.824. The predicted octanol–water partition coefficient (Wildman–Crippen LogP) is 2.81. The summed E-state index contributed by atoms with van der Waals surface area (Å²) in [5.41, 5.74) is 0. The van der Waals surface area contributed by atoms with E-state index in [-0.39, 0.29) is 0 Å². The van der Waals surface area contributed by atoms with Crippen molar-refractivity contribution in [1.82, 2.24) is 5.32 Å². The third-order valence-corrected chi connectivity index (χ3v) is 3.21. The van der Waals surface area contributed by atoms with Crippen molar-refractivity contribution in [3.63, 3.8) is 0 Å². The van der Waals surface area contributed by atoms with E-state index >= 15 is 0 Å². The minimum atomic E-state index is 0.824. The monoisotopic (exact) mass is 169 g/mol. The molecule has 0 aliphatic heterocycles. The maximum atomic E-state index is 3.54. The standard InChI is InChI=1S/C11H23N/c1-4-12-11-7-5-10(6-8-11)9(2)3/h9-12H,4-8H2,1-3H3/t10-,11-. The van der Waals surface area contributed by atoms with Crippen LogP contribution in [0.3, 0.4) is 0 Å². The molecule has 0 atom stereocenters. The third-order valence-electron chi connectivity index (χ3n) is 3.21. The Labute approximate surface area is 76.9 Å². The van der Waals surface area contributed by atoms with Gasteiger partial charge >= 0.3 is 0 Å². The first-order chi connectivity index (χ1) is 5.74. The molecule has 1 saturated carbocycles. The van der Waals surface area contributed by atoms with Crippen molar-refractivity contribution in [3.8, 4) is 0 Å². The van der Waals surface area contributed by atoms with E-state index < -0.39 is 0 Å². The van der Waals surface area contributed by atoms with Gasteiger partial charge in [-0.25, -0.2) is 0 Å². The highest BCUT2D eigenvalue weighted by Crippen LogP contribution is 2.29. The van der Waals surface area contributed by atoms with Crippen LogP contribution in [0.2, 0.25) is 0 Å². The zero-order valence-corrected chi connectivity index (χ0v) is 8.77. The minimum absolute atomic E-state index is 0.824. The largest absolute Gasteiger partial charge is 0.314 e. The maximum absolute atomic E-state index is 3.54. The molecule has 0 spiro atoms. The molecule has 1 aliphatic rings. The zero-order valence-electron chi connectivity index (χ0n) is 8.77. The Bertz CT molecular complexity index is 112. The Morgan fingerprint density at radius 3 is 2.17 bits per heavy atom. The van der Waals surface area contributed by atoms with E-state index in [0.717, 1.165) is 24.4 Å². The lowest BCUT2D eigenvalue weighted by Crippen LogP contribution is -2.33. The molecule has 1 N–H and O–H groups in total. The van der Waals surface area contributed by atoms with Crippen LogP contribution in [0.15, 0.2) is 0 Å². The highest BCUT2D eigenvalue weighted by molar-refractivity contribution is 4.77. The van der Waals surface area contributed by atoms with Gasteiger partial charge in [-0.3, -0.25) is 0 Å². The fraction of sp³-hybridized carbons (Fsp3) is 1.00. The summed E-state index contributed by atoms with van der Waals surface area (Å²) in [5.74, 6) is 1.90. The third kappa shape index (κ3) is 2.78. The SMILES string of the molecule is CCN[C@H]1CC[C@H](C(C)C)CC1. The summed E-state index contributed by atoms with van der Waals surface area (Å²) in [6.45, 7) is 8.06. The first-order valence-corrected chi connectivity index (χ1v) is 5.47. The maximum Gasteiger partial charge on any atom is 0.00671 e. The number of nitrogens with one attached hydrogen (secondary N) is 1. The fourth-order valence-corrected chi connectivity index (χ4v) is 2.28. The molecule has 0 heterocycles. The molecule has 1 fully saturated rings. The van der Waals surface area contributed by atoms with Gasteiger partial charge in [0.1, 0.15) is 0 Å². The van der Waals surface area contributed by atoms with E-state index in [1.807, 2.05) is 0 Å². The van der Waals surface area contributed by atoms with Gasteiger partial charge in [-0.15, -0.1) is 0 Å². The zero-order chi connectivity index (χ0) is 8.97. The second kappa shape index (κ2) is 4.86. The topological polar surface area (TPSA) is 12.0 Å². The summed E-state index contributed by atoms with van der Waals surface area (Å²) >= 11 is 0. The Kier molecular flexibility index (Phi) is 4.07. The smallest absolute Gasteiger partial charge is 0.00671 e. The molecule has 1 nitrogen and oxygen atoms in total. The molecule has 0 unspecified atom stereocenters. The lowest BCUT2D eigenvalue weighted by atomic mass is 9.80. The van der Waals surface area contributed by atoms with Crippen LogP contribution < -0.4 is 5.32 Å². The van der Waals surface area contributed by atoms with Crippen molar-refractivity contribution >= 4 is 0 Å². The molecule has 1 aliphatic carbocycles. The molecule has 0 aromatic rings. The molecule has 0 saturated heterocycles. The first-order valence-electron chi connectivity index (χ1n) is 5.47. The fourth-order valence-electron chi connectivity index (χ4n) is 2.28. The molecule has 0 bridgehead atoms. The molecule has 1 rings (SSSR count). The van der Waals surface area contributed by atoms with E-state index in [1.165, 1.54) is 25.7 Å². The van der Waals surface area contributed by atoms with Crippen molar-refractivity contribution in [2.75, 3.05) is 6.54 Å². The normalized spacial score (nSPS) is 31.0. The Hall–Kier alpha value is -0.0400. The van der Waals surface area contributed by atoms with E-state index in [4.69, 9.17) is 0 Å². The first kappa shape index (κ1) is 10.0. The summed E-state index contributed by atoms with van der Waals surface area (Å²) in [4.78, 5) is 0. The molecule has 0 aromatic carbocycles. The van der Waals surface area contributed by atoms with Crippen LogP contribution in [-0.2, 0) is 0 Å². The summed E-state index contributed by atoms with van der Waals surface area (Å²) in [7, 11) is 0. The van der Waals surface area contributed by atoms with E-state index in [0.29, 0.717) is 0 Å². The lowest BCUT2D eigenvalue weighted by molar-refractivity contribution is 0.240. The van der Waals surface area contributed by atoms with E-state index in [1.54, 1.807) is 0 Å². The second-order valence-electron chi connectivity index (χ2n) is 4.41. The average Bonchev–Trinajstić information content (AvgIpc) is 2.06. The molecule has 0 amide bonds. The van der Waals surface area contributed by atoms with Crippen molar-refractivity contribution in [2.24, 2.45) is 11.8 Å². The van der Waals surface area contributed by atoms with Crippen LogP contribution in [0.5, 0.6) is 0 Å². The van der Waals surface area contributed by atoms with Gasteiger partial charge in [0.2, 0.25) is 0 Å². The van der Waals surface area contributed by atoms with Gasteiger partial charge < -0.3 is 5.32 Å². The van der Waals surface area contributed by atoms with Gasteiger partial charge in [-0.2, -0.15) is 0 Å². The van der Waals surface area contributed by atoms with Gasteiger partial charge in [0.25, 0.3) is 0 Å². The highest BCUT2D eigenvalue weighted by Gasteiger charge is 2.22. The van der Waals surface area contributed by atoms with Gasteiger partial charge in [-0.05, 0) is 44.1 Å². The van der Waals surface area contributed by atoms with Gasteiger partial charge in [0, 0.05) is 6.04 Å². The molecule has 12 heavy (non-hydrogen) atoms. The van der Waals surface area contributed by atoms with Crippen LogP contribution >= 0.6 is 0 Å². The summed E-state index contributed by atoms with van der Waals surface area (Å²) in [5, 5.41) is 3.54. The van der Waals surface area contributed by atoms with Crippen LogP contribution in [0, 0.1) is 11.8 Å². The minimum Gasteiger partial charge on any atom is -0.314 e. The van der Waals surface area contributed by atoms with Crippen LogP contribution in [0.25, 0.3) is 0 Å². The van der Waals surface area contributed by atoms with Gasteiger partial charge in [-0.1, -0.05) is 20.8 Å². The van der Waals surface area contributed by atoms with Gasteiger partial charge in [0.15, 0.2) is 0 Å². The average molecular weight is 169 g/mol. The molecular formula is C11H23N. The molecule has 0 radical (unpaired) electrons. The lowest BCUT2D eigenvalue weighted by Gasteiger charge is -2.31. The van der Waals surface area contributed by atoms with Crippen molar-refractivity contribution in [2.45, 2.75) is 52.5 Å². The highest BCUT2D eigenvalue weighted by atomic mass is 14.9. The molecular weight excluding hydrogens is 146 g/mol. The Morgan fingerprint density at radius 2 is 1.75 bits per heavy atom. The Morgan fingerprint density at radius 1 is 1.17 bits per heavy atom. The van der Waals surface area contributed by atoms with Crippen molar-refractivity contribution < 1.29 is 0 Å². The van der Waals surface area contributed by atoms with Crippen LogP contribution in [-0.4, -0.2) is 12.6 Å². The van der Waals surface area contributed by atoms with Crippen LogP contribution in [0.1, 0.15) is 46.5 Å². The number of rotatable bonds is 3. The van der Waals surface area contributed by atoms with Crippen molar-refractivity contribution in [1.29, 1.82) is 0 Å². The van der Waals surface area contributed by atoms with E-state index in [2.05, 4.69) is 26.1 Å². The second-order valence-corrected chi connectivity index (χ2v) is 4.41. The van der Waals surface area contributed by atoms with Gasteiger partial charge in [0.05, 0.1) is 0 Å². The number of hydrogen-bond acceptors (Lipinski definition) is 1. The van der Waals surface area contributed by atoms with E-state index in [9.17, 15) is 0 Å². The number of hydrogen-bond donors (Lipinski definition) is 1. The van der Waals surface area contributed by atoms with Crippen LogP contribution in [0.4, 0.5) is 0 Å². The summed E-state index contributed by atoms with van der Waals surface area (Å²) < 4.78 is 0. The molecule has 1 heteroatoms.